The van der Waals surface area contributed by atoms with E-state index in [9.17, 15) is 18.4 Å². The van der Waals surface area contributed by atoms with Crippen molar-refractivity contribution in [2.75, 3.05) is 13.7 Å². The van der Waals surface area contributed by atoms with Gasteiger partial charge in [0.1, 0.15) is 28.3 Å². The Kier molecular flexibility index (Phi) is 4.48. The number of methoxy groups -OCH3 is 1. The van der Waals surface area contributed by atoms with E-state index in [1.807, 2.05) is 0 Å². The SMILES string of the molecule is COc1ccc2oc3c(=O)[nH]c([C@H]4CC(F)(F)CN4C(=O)OC(C)(C)C)nc3c2c1. The van der Waals surface area contributed by atoms with E-state index in [0.29, 0.717) is 16.7 Å². The van der Waals surface area contributed by atoms with Crippen molar-refractivity contribution in [1.82, 2.24) is 14.9 Å². The van der Waals surface area contributed by atoms with Crippen LogP contribution in [0.5, 0.6) is 5.75 Å². The number of fused-ring (bicyclic) bond motifs is 3. The zero-order valence-electron chi connectivity index (χ0n) is 16.9. The van der Waals surface area contributed by atoms with Crippen molar-refractivity contribution in [2.45, 2.75) is 44.8 Å². The minimum atomic E-state index is -3.14. The van der Waals surface area contributed by atoms with Crippen molar-refractivity contribution in [2.24, 2.45) is 0 Å². The average molecular weight is 421 g/mol. The fraction of sp³-hybridized carbons (Fsp3) is 0.450. The monoisotopic (exact) mass is 421 g/mol. The number of amides is 1. The van der Waals surface area contributed by atoms with Gasteiger partial charge in [-0.2, -0.15) is 0 Å². The van der Waals surface area contributed by atoms with Crippen LogP contribution in [0.4, 0.5) is 13.6 Å². The highest BCUT2D eigenvalue weighted by Gasteiger charge is 2.50. The lowest BCUT2D eigenvalue weighted by atomic mass is 10.1. The first-order valence-electron chi connectivity index (χ1n) is 9.35. The maximum atomic E-state index is 14.2. The smallest absolute Gasteiger partial charge is 0.411 e. The van der Waals surface area contributed by atoms with Gasteiger partial charge >= 0.3 is 6.09 Å². The van der Waals surface area contributed by atoms with Crippen molar-refractivity contribution in [3.8, 4) is 5.75 Å². The summed E-state index contributed by atoms with van der Waals surface area (Å²) in [6.45, 7) is 4.11. The molecule has 0 aliphatic carbocycles. The van der Waals surface area contributed by atoms with E-state index in [0.717, 1.165) is 4.90 Å². The van der Waals surface area contributed by atoms with E-state index < -0.39 is 42.2 Å². The molecule has 30 heavy (non-hydrogen) atoms. The fourth-order valence-electron chi connectivity index (χ4n) is 3.51. The molecule has 2 aromatic heterocycles. The maximum Gasteiger partial charge on any atom is 0.411 e. The van der Waals surface area contributed by atoms with Crippen LogP contribution in [-0.4, -0.2) is 46.1 Å². The molecule has 1 amide bonds. The van der Waals surface area contributed by atoms with Crippen LogP contribution < -0.4 is 10.3 Å². The molecule has 1 aromatic carbocycles. The Balaban J connectivity index is 1.83. The van der Waals surface area contributed by atoms with Crippen molar-refractivity contribution < 1.29 is 27.5 Å². The molecule has 4 rings (SSSR count). The molecule has 0 saturated carbocycles. The second-order valence-electron chi connectivity index (χ2n) is 8.28. The highest BCUT2D eigenvalue weighted by Crippen LogP contribution is 2.41. The van der Waals surface area contributed by atoms with E-state index in [2.05, 4.69) is 9.97 Å². The summed E-state index contributed by atoms with van der Waals surface area (Å²) in [4.78, 5) is 32.9. The summed E-state index contributed by atoms with van der Waals surface area (Å²) < 4.78 is 44.5. The van der Waals surface area contributed by atoms with Gasteiger partial charge < -0.3 is 18.9 Å². The third kappa shape index (κ3) is 3.57. The molecule has 0 spiro atoms. The maximum absolute atomic E-state index is 14.2. The summed E-state index contributed by atoms with van der Waals surface area (Å²) in [5, 5.41) is 0.505. The number of nitrogens with zero attached hydrogens (tertiary/aromatic N) is 2. The van der Waals surface area contributed by atoms with Gasteiger partial charge in [0.05, 0.1) is 25.1 Å². The number of likely N-dealkylation sites (tertiary alicyclic amines) is 1. The molecule has 1 atom stereocenters. The lowest BCUT2D eigenvalue weighted by molar-refractivity contribution is -0.00248. The van der Waals surface area contributed by atoms with Crippen LogP contribution in [0.15, 0.2) is 27.4 Å². The largest absolute Gasteiger partial charge is 0.497 e. The third-order valence-corrected chi connectivity index (χ3v) is 4.76. The van der Waals surface area contributed by atoms with Crippen LogP contribution in [0.2, 0.25) is 0 Å². The topological polar surface area (TPSA) is 97.7 Å². The van der Waals surface area contributed by atoms with Gasteiger partial charge in [-0.15, -0.1) is 0 Å². The van der Waals surface area contributed by atoms with Crippen LogP contribution in [0.25, 0.3) is 22.1 Å². The number of halogens is 2. The molecule has 3 heterocycles. The molecule has 1 aliphatic rings. The minimum Gasteiger partial charge on any atom is -0.497 e. The Morgan fingerprint density at radius 3 is 2.77 bits per heavy atom. The average Bonchev–Trinajstić information content (AvgIpc) is 3.17. The molecule has 160 valence electrons. The highest BCUT2D eigenvalue weighted by atomic mass is 19.3. The van der Waals surface area contributed by atoms with E-state index >= 15 is 0 Å². The fourth-order valence-corrected chi connectivity index (χ4v) is 3.51. The van der Waals surface area contributed by atoms with Gasteiger partial charge in [-0.05, 0) is 39.0 Å². The van der Waals surface area contributed by atoms with Crippen molar-refractivity contribution in [3.63, 3.8) is 0 Å². The number of furan rings is 1. The second kappa shape index (κ2) is 6.68. The van der Waals surface area contributed by atoms with Gasteiger partial charge in [-0.3, -0.25) is 9.69 Å². The van der Waals surface area contributed by atoms with E-state index in [4.69, 9.17) is 13.9 Å². The van der Waals surface area contributed by atoms with Crippen molar-refractivity contribution in [3.05, 3.63) is 34.4 Å². The molecular weight excluding hydrogens is 400 g/mol. The number of carbonyl (C=O) groups excluding carboxylic acids is 1. The van der Waals surface area contributed by atoms with Crippen LogP contribution in [0, 0.1) is 0 Å². The predicted molar refractivity (Wildman–Crippen MR) is 104 cm³/mol. The molecule has 10 heteroatoms. The van der Waals surface area contributed by atoms with Gasteiger partial charge in [0, 0.05) is 6.42 Å². The number of ether oxygens (including phenoxy) is 2. The third-order valence-electron chi connectivity index (χ3n) is 4.76. The Morgan fingerprint density at radius 1 is 1.37 bits per heavy atom. The van der Waals surface area contributed by atoms with Gasteiger partial charge in [-0.25, -0.2) is 18.6 Å². The Morgan fingerprint density at radius 2 is 2.10 bits per heavy atom. The number of hydrogen-bond donors (Lipinski definition) is 1. The zero-order chi connectivity index (χ0) is 21.8. The van der Waals surface area contributed by atoms with Crippen molar-refractivity contribution >= 4 is 28.2 Å². The standard InChI is InChI=1S/C20H21F2N3O5/c1-19(2,3)30-18(27)25-9-20(21,22)8-12(25)16-23-14-11-7-10(28-4)5-6-13(11)29-15(14)17(26)24-16/h5-7,12H,8-9H2,1-4H3,(H,23,24,26)/t12-/m1/s1. The minimum absolute atomic E-state index is 0.0319. The first-order chi connectivity index (χ1) is 14.0. The van der Waals surface area contributed by atoms with Gasteiger partial charge in [-0.1, -0.05) is 0 Å². The molecule has 0 bridgehead atoms. The van der Waals surface area contributed by atoms with Crippen LogP contribution in [-0.2, 0) is 4.74 Å². The molecule has 1 saturated heterocycles. The van der Waals surface area contributed by atoms with Gasteiger partial charge in [0.15, 0.2) is 0 Å². The Hall–Kier alpha value is -3.17. The van der Waals surface area contributed by atoms with Crippen LogP contribution in [0.1, 0.15) is 39.1 Å². The summed E-state index contributed by atoms with van der Waals surface area (Å²) in [6.07, 6.45) is -1.58. The van der Waals surface area contributed by atoms with Crippen molar-refractivity contribution in [1.29, 1.82) is 0 Å². The number of alkyl halides is 2. The van der Waals surface area contributed by atoms with Crippen LogP contribution >= 0.6 is 0 Å². The quantitative estimate of drug-likeness (QED) is 0.672. The number of H-pyrrole nitrogens is 1. The lowest BCUT2D eigenvalue weighted by Crippen LogP contribution is -2.38. The summed E-state index contributed by atoms with van der Waals surface area (Å²) in [5.41, 5.74) is -0.898. The zero-order valence-corrected chi connectivity index (χ0v) is 16.9. The first-order valence-corrected chi connectivity index (χ1v) is 9.35. The summed E-state index contributed by atoms with van der Waals surface area (Å²) >= 11 is 0. The molecule has 1 fully saturated rings. The molecule has 0 radical (unpaired) electrons. The summed E-state index contributed by atoms with van der Waals surface area (Å²) in [7, 11) is 1.49. The number of nitrogens with one attached hydrogen (secondary N) is 1. The van der Waals surface area contributed by atoms with E-state index in [-0.39, 0.29) is 16.9 Å². The van der Waals surface area contributed by atoms with Gasteiger partial charge in [0.25, 0.3) is 11.5 Å². The second-order valence-corrected chi connectivity index (χ2v) is 8.28. The highest BCUT2D eigenvalue weighted by molar-refractivity contribution is 6.02. The van der Waals surface area contributed by atoms with E-state index in [1.54, 1.807) is 39.0 Å². The normalized spacial score (nSPS) is 18.9. The molecule has 3 aromatic rings. The lowest BCUT2D eigenvalue weighted by Gasteiger charge is -2.27. The molecule has 1 N–H and O–H groups in total. The molecule has 8 nitrogen and oxygen atoms in total. The number of benzene rings is 1. The predicted octanol–water partition coefficient (Wildman–Crippen LogP) is 4.00. The molecule has 1 aliphatic heterocycles. The number of carbonyl (C=O) groups is 1. The Bertz CT molecular complexity index is 1190. The molecular formula is C20H21F2N3O5. The number of aromatic nitrogens is 2. The first kappa shape index (κ1) is 20.1. The van der Waals surface area contributed by atoms with Crippen LogP contribution in [0.3, 0.4) is 0 Å². The van der Waals surface area contributed by atoms with Gasteiger partial charge in [0.2, 0.25) is 5.58 Å². The molecule has 0 unspecified atom stereocenters. The number of aromatic amines is 1. The van der Waals surface area contributed by atoms with E-state index in [1.165, 1.54) is 7.11 Å². The number of rotatable bonds is 2. The summed E-state index contributed by atoms with van der Waals surface area (Å²) in [6, 6.07) is 3.79. The number of hydrogen-bond acceptors (Lipinski definition) is 6. The summed E-state index contributed by atoms with van der Waals surface area (Å²) in [5.74, 6) is -2.67. The Labute approximate surface area is 169 Å².